The molecule has 4 rings (SSSR count). The molecule has 2 N–H and O–H groups in total. The standard InChI is InChI=1S/C22H26N4O2S/c1-2-28-18-14-13-15-9-7-8-12-17(15)19(18)20(27)24-22-26-25-21(29-22)23-16-10-5-3-4-6-11-16/h7-9,12-14,16H,2-6,10-11H2,1H3,(H,23,25)(H,24,26,27). The lowest BCUT2D eigenvalue weighted by molar-refractivity contribution is 0.102. The Labute approximate surface area is 174 Å². The quantitative estimate of drug-likeness (QED) is 0.527. The Morgan fingerprint density at radius 1 is 1.07 bits per heavy atom. The molecule has 1 amide bonds. The van der Waals surface area contributed by atoms with E-state index < -0.39 is 0 Å². The average molecular weight is 411 g/mol. The Balaban J connectivity index is 1.52. The molecule has 152 valence electrons. The molecule has 1 aliphatic carbocycles. The van der Waals surface area contributed by atoms with Gasteiger partial charge >= 0.3 is 0 Å². The Kier molecular flexibility index (Phi) is 6.24. The molecule has 29 heavy (non-hydrogen) atoms. The summed E-state index contributed by atoms with van der Waals surface area (Å²) < 4.78 is 5.72. The molecule has 1 saturated carbocycles. The van der Waals surface area contributed by atoms with Gasteiger partial charge in [0, 0.05) is 6.04 Å². The van der Waals surface area contributed by atoms with Crippen molar-refractivity contribution in [3.05, 3.63) is 42.0 Å². The van der Waals surface area contributed by atoms with Gasteiger partial charge in [0.05, 0.1) is 12.2 Å². The molecular formula is C22H26N4O2S. The number of ether oxygens (including phenoxy) is 1. The summed E-state index contributed by atoms with van der Waals surface area (Å²) in [6, 6.07) is 12.1. The number of fused-ring (bicyclic) bond motifs is 1. The summed E-state index contributed by atoms with van der Waals surface area (Å²) in [5, 5.41) is 17.9. The fraction of sp³-hybridized carbons (Fsp3) is 0.409. The highest BCUT2D eigenvalue weighted by Gasteiger charge is 2.19. The van der Waals surface area contributed by atoms with E-state index >= 15 is 0 Å². The Morgan fingerprint density at radius 2 is 1.83 bits per heavy atom. The molecule has 3 aromatic rings. The van der Waals surface area contributed by atoms with Crippen LogP contribution in [-0.2, 0) is 0 Å². The third kappa shape index (κ3) is 4.67. The first-order valence-corrected chi connectivity index (χ1v) is 11.1. The molecule has 0 spiro atoms. The van der Waals surface area contributed by atoms with Crippen molar-refractivity contribution in [1.29, 1.82) is 0 Å². The fourth-order valence-electron chi connectivity index (χ4n) is 3.85. The number of carbonyl (C=O) groups is 1. The van der Waals surface area contributed by atoms with Gasteiger partial charge in [-0.3, -0.25) is 10.1 Å². The second-order valence-electron chi connectivity index (χ2n) is 7.29. The number of rotatable bonds is 6. The molecule has 0 aliphatic heterocycles. The van der Waals surface area contributed by atoms with Crippen LogP contribution < -0.4 is 15.4 Å². The first-order valence-electron chi connectivity index (χ1n) is 10.3. The van der Waals surface area contributed by atoms with Crippen LogP contribution in [0, 0.1) is 0 Å². The fourth-order valence-corrected chi connectivity index (χ4v) is 4.57. The summed E-state index contributed by atoms with van der Waals surface area (Å²) in [5.41, 5.74) is 0.526. The topological polar surface area (TPSA) is 76.1 Å². The van der Waals surface area contributed by atoms with Gasteiger partial charge < -0.3 is 10.1 Å². The van der Waals surface area contributed by atoms with Crippen LogP contribution in [0.2, 0.25) is 0 Å². The van der Waals surface area contributed by atoms with Crippen LogP contribution in [0.15, 0.2) is 36.4 Å². The van der Waals surface area contributed by atoms with Gasteiger partial charge in [-0.15, -0.1) is 10.2 Å². The average Bonchev–Trinajstić information content (AvgIpc) is 3.00. The largest absolute Gasteiger partial charge is 0.493 e. The molecule has 0 unspecified atom stereocenters. The van der Waals surface area contributed by atoms with Crippen LogP contribution in [-0.4, -0.2) is 28.8 Å². The van der Waals surface area contributed by atoms with Crippen molar-refractivity contribution < 1.29 is 9.53 Å². The first-order chi connectivity index (χ1) is 14.2. The van der Waals surface area contributed by atoms with Crippen molar-refractivity contribution in [3.63, 3.8) is 0 Å². The van der Waals surface area contributed by atoms with Crippen molar-refractivity contribution >= 4 is 38.3 Å². The predicted octanol–water partition coefficient (Wildman–Crippen LogP) is 5.48. The molecule has 1 aliphatic rings. The molecule has 1 heterocycles. The lowest BCUT2D eigenvalue weighted by Gasteiger charge is -2.14. The maximum absolute atomic E-state index is 13.1. The summed E-state index contributed by atoms with van der Waals surface area (Å²) in [6.45, 7) is 2.40. The molecule has 0 atom stereocenters. The van der Waals surface area contributed by atoms with Gasteiger partial charge in [0.2, 0.25) is 10.3 Å². The third-order valence-corrected chi connectivity index (χ3v) is 6.02. The van der Waals surface area contributed by atoms with E-state index in [4.69, 9.17) is 4.74 Å². The molecule has 2 aromatic carbocycles. The van der Waals surface area contributed by atoms with Crippen molar-refractivity contribution in [1.82, 2.24) is 10.2 Å². The summed E-state index contributed by atoms with van der Waals surface area (Å²) in [4.78, 5) is 13.1. The van der Waals surface area contributed by atoms with Gasteiger partial charge in [-0.1, -0.05) is 67.4 Å². The summed E-state index contributed by atoms with van der Waals surface area (Å²) >= 11 is 1.37. The maximum Gasteiger partial charge on any atom is 0.261 e. The molecule has 0 saturated heterocycles. The summed E-state index contributed by atoms with van der Waals surface area (Å²) in [5.74, 6) is 0.340. The second kappa shape index (κ2) is 9.22. The van der Waals surface area contributed by atoms with Crippen molar-refractivity contribution in [2.75, 3.05) is 17.2 Å². The lowest BCUT2D eigenvalue weighted by atomic mass is 10.0. The lowest BCUT2D eigenvalue weighted by Crippen LogP contribution is -2.17. The predicted molar refractivity (Wildman–Crippen MR) is 118 cm³/mol. The van der Waals surface area contributed by atoms with E-state index in [1.807, 2.05) is 43.3 Å². The number of nitrogens with one attached hydrogen (secondary N) is 2. The number of hydrogen-bond donors (Lipinski definition) is 2. The minimum absolute atomic E-state index is 0.234. The Morgan fingerprint density at radius 3 is 2.62 bits per heavy atom. The number of anilines is 2. The zero-order valence-corrected chi connectivity index (χ0v) is 17.4. The van der Waals surface area contributed by atoms with Crippen molar-refractivity contribution in [3.8, 4) is 5.75 Å². The van der Waals surface area contributed by atoms with Crippen LogP contribution in [0.25, 0.3) is 10.8 Å². The third-order valence-electron chi connectivity index (χ3n) is 5.25. The zero-order chi connectivity index (χ0) is 20.1. The highest BCUT2D eigenvalue weighted by atomic mass is 32.1. The molecule has 0 bridgehead atoms. The molecule has 1 fully saturated rings. The van der Waals surface area contributed by atoms with Crippen LogP contribution in [0.1, 0.15) is 55.8 Å². The number of carbonyl (C=O) groups excluding carboxylic acids is 1. The summed E-state index contributed by atoms with van der Waals surface area (Å²) in [6.07, 6.45) is 7.44. The van der Waals surface area contributed by atoms with Crippen LogP contribution in [0.4, 0.5) is 10.3 Å². The number of hydrogen-bond acceptors (Lipinski definition) is 6. The van der Waals surface area contributed by atoms with E-state index in [9.17, 15) is 4.79 Å². The van der Waals surface area contributed by atoms with Gasteiger partial charge in [0.15, 0.2) is 0 Å². The molecule has 0 radical (unpaired) electrons. The number of benzene rings is 2. The maximum atomic E-state index is 13.1. The minimum atomic E-state index is -0.234. The normalized spacial score (nSPS) is 15.1. The van der Waals surface area contributed by atoms with E-state index in [-0.39, 0.29) is 5.91 Å². The summed E-state index contributed by atoms with van der Waals surface area (Å²) in [7, 11) is 0. The van der Waals surface area contributed by atoms with Crippen molar-refractivity contribution in [2.24, 2.45) is 0 Å². The number of nitrogens with zero attached hydrogens (tertiary/aromatic N) is 2. The SMILES string of the molecule is CCOc1ccc2ccccc2c1C(=O)Nc1nnc(NC2CCCCCC2)s1. The molecule has 7 heteroatoms. The second-order valence-corrected chi connectivity index (χ2v) is 8.27. The zero-order valence-electron chi connectivity index (χ0n) is 16.6. The van der Waals surface area contributed by atoms with E-state index in [0.717, 1.165) is 28.7 Å². The minimum Gasteiger partial charge on any atom is -0.493 e. The highest BCUT2D eigenvalue weighted by molar-refractivity contribution is 7.19. The van der Waals surface area contributed by atoms with Gasteiger partial charge in [-0.05, 0) is 36.6 Å². The highest BCUT2D eigenvalue weighted by Crippen LogP contribution is 2.30. The van der Waals surface area contributed by atoms with E-state index in [1.54, 1.807) is 0 Å². The van der Waals surface area contributed by atoms with Crippen LogP contribution in [0.3, 0.4) is 0 Å². The van der Waals surface area contributed by atoms with Gasteiger partial charge in [-0.25, -0.2) is 0 Å². The van der Waals surface area contributed by atoms with Gasteiger partial charge in [0.25, 0.3) is 5.91 Å². The van der Waals surface area contributed by atoms with Gasteiger partial charge in [-0.2, -0.15) is 0 Å². The molecular weight excluding hydrogens is 384 g/mol. The number of amides is 1. The smallest absolute Gasteiger partial charge is 0.261 e. The van der Waals surface area contributed by atoms with Gasteiger partial charge in [0.1, 0.15) is 5.75 Å². The molecule has 6 nitrogen and oxygen atoms in total. The van der Waals surface area contributed by atoms with E-state index in [2.05, 4.69) is 20.8 Å². The van der Waals surface area contributed by atoms with Crippen LogP contribution >= 0.6 is 11.3 Å². The Bertz CT molecular complexity index is 980. The van der Waals surface area contributed by atoms with E-state index in [1.165, 1.54) is 37.0 Å². The van der Waals surface area contributed by atoms with Crippen molar-refractivity contribution in [2.45, 2.75) is 51.5 Å². The Hall–Kier alpha value is -2.67. The molecule has 1 aromatic heterocycles. The monoisotopic (exact) mass is 410 g/mol. The van der Waals surface area contributed by atoms with E-state index in [0.29, 0.717) is 29.1 Å². The first kappa shape index (κ1) is 19.6. The number of aromatic nitrogens is 2. The van der Waals surface area contributed by atoms with Crippen LogP contribution in [0.5, 0.6) is 5.75 Å².